The van der Waals surface area contributed by atoms with E-state index in [4.69, 9.17) is 20.9 Å². The zero-order valence-corrected chi connectivity index (χ0v) is 18.8. The highest BCUT2D eigenvalue weighted by molar-refractivity contribution is 6.30. The molecule has 1 aliphatic rings. The summed E-state index contributed by atoms with van der Waals surface area (Å²) in [4.78, 5) is 19.5. The lowest BCUT2D eigenvalue weighted by atomic mass is 9.97. The third kappa shape index (κ3) is 5.66. The number of halogens is 1. The number of hydrogen-bond acceptors (Lipinski definition) is 6. The molecule has 0 spiro atoms. The van der Waals surface area contributed by atoms with Gasteiger partial charge in [-0.3, -0.25) is 9.69 Å². The summed E-state index contributed by atoms with van der Waals surface area (Å²) < 4.78 is 11.1. The van der Waals surface area contributed by atoms with Crippen LogP contribution in [0.15, 0.2) is 53.1 Å². The quantitative estimate of drug-likeness (QED) is 0.546. The Morgan fingerprint density at radius 3 is 3.00 bits per heavy atom. The molecule has 8 heteroatoms. The minimum Gasteiger partial charge on any atom is -0.494 e. The molecule has 0 saturated carbocycles. The predicted octanol–water partition coefficient (Wildman–Crippen LogP) is 4.32. The van der Waals surface area contributed by atoms with Crippen LogP contribution in [-0.4, -0.2) is 40.6 Å². The number of likely N-dealkylation sites (tertiary alicyclic amines) is 1. The first kappa shape index (κ1) is 22.3. The molecule has 1 unspecified atom stereocenters. The van der Waals surface area contributed by atoms with Crippen LogP contribution in [0, 0.1) is 5.92 Å². The Balaban J connectivity index is 1.32. The molecule has 4 rings (SSSR count). The molecule has 0 aliphatic carbocycles. The molecule has 3 aromatic rings. The summed E-state index contributed by atoms with van der Waals surface area (Å²) in [7, 11) is 0. The second-order valence-electron chi connectivity index (χ2n) is 7.85. The van der Waals surface area contributed by atoms with Crippen LogP contribution in [0.1, 0.15) is 31.2 Å². The van der Waals surface area contributed by atoms with Crippen molar-refractivity contribution in [1.82, 2.24) is 20.4 Å². The van der Waals surface area contributed by atoms with Crippen LogP contribution in [0.5, 0.6) is 5.75 Å². The summed E-state index contributed by atoms with van der Waals surface area (Å²) >= 11 is 6.05. The minimum atomic E-state index is -0.0710. The molecule has 1 amide bonds. The molecule has 0 radical (unpaired) electrons. The van der Waals surface area contributed by atoms with Crippen molar-refractivity contribution < 1.29 is 14.1 Å². The van der Waals surface area contributed by atoms with Gasteiger partial charge in [-0.25, -0.2) is 0 Å². The Hall–Kier alpha value is -2.90. The number of piperidine rings is 1. The predicted molar refractivity (Wildman–Crippen MR) is 122 cm³/mol. The Kier molecular flexibility index (Phi) is 7.39. The third-order valence-electron chi connectivity index (χ3n) is 5.51. The first-order chi connectivity index (χ1) is 15.6. The standard InChI is InChI=1S/C24H27ClN4O3/c1-2-31-21-11-4-3-7-18(21)14-26-24(30)19-9-6-12-29(15-19)16-22-27-23(28-32-22)17-8-5-10-20(25)13-17/h3-5,7-8,10-11,13,19H,2,6,9,12,14-16H2,1H3,(H,26,30). The molecular formula is C24H27ClN4O3. The van der Waals surface area contributed by atoms with Gasteiger partial charge in [-0.1, -0.05) is 47.1 Å². The van der Waals surface area contributed by atoms with E-state index < -0.39 is 0 Å². The number of amides is 1. The van der Waals surface area contributed by atoms with E-state index >= 15 is 0 Å². The van der Waals surface area contributed by atoms with Crippen molar-refractivity contribution in [2.45, 2.75) is 32.9 Å². The summed E-state index contributed by atoms with van der Waals surface area (Å²) in [5.74, 6) is 1.85. The number of aromatic nitrogens is 2. The molecule has 1 fully saturated rings. The Morgan fingerprint density at radius 2 is 2.16 bits per heavy atom. The van der Waals surface area contributed by atoms with Crippen LogP contribution in [-0.2, 0) is 17.9 Å². The zero-order chi connectivity index (χ0) is 22.3. The lowest BCUT2D eigenvalue weighted by Gasteiger charge is -2.30. The maximum atomic E-state index is 12.8. The molecule has 2 heterocycles. The number of nitrogens with one attached hydrogen (secondary N) is 1. The fraction of sp³-hybridized carbons (Fsp3) is 0.375. The second-order valence-corrected chi connectivity index (χ2v) is 8.29. The average molecular weight is 455 g/mol. The van der Waals surface area contributed by atoms with Gasteiger partial charge < -0.3 is 14.6 Å². The summed E-state index contributed by atoms with van der Waals surface area (Å²) in [6, 6.07) is 15.2. The number of hydrogen-bond donors (Lipinski definition) is 1. The summed E-state index contributed by atoms with van der Waals surface area (Å²) in [5.41, 5.74) is 1.80. The molecule has 1 N–H and O–H groups in total. The number of ether oxygens (including phenoxy) is 1. The normalized spacial score (nSPS) is 16.6. The fourth-order valence-electron chi connectivity index (χ4n) is 3.94. The Labute approximate surface area is 192 Å². The first-order valence-electron chi connectivity index (χ1n) is 10.9. The minimum absolute atomic E-state index is 0.0612. The van der Waals surface area contributed by atoms with E-state index in [-0.39, 0.29) is 11.8 Å². The van der Waals surface area contributed by atoms with E-state index in [1.54, 1.807) is 12.1 Å². The van der Waals surface area contributed by atoms with E-state index in [1.807, 2.05) is 43.3 Å². The van der Waals surface area contributed by atoms with Crippen LogP contribution in [0.2, 0.25) is 5.02 Å². The number of benzene rings is 2. The van der Waals surface area contributed by atoms with Gasteiger partial charge in [0.2, 0.25) is 17.6 Å². The highest BCUT2D eigenvalue weighted by Gasteiger charge is 2.27. The zero-order valence-electron chi connectivity index (χ0n) is 18.1. The lowest BCUT2D eigenvalue weighted by Crippen LogP contribution is -2.42. The highest BCUT2D eigenvalue weighted by Crippen LogP contribution is 2.23. The first-order valence-corrected chi connectivity index (χ1v) is 11.3. The van der Waals surface area contributed by atoms with E-state index in [9.17, 15) is 4.79 Å². The number of carbonyl (C=O) groups excluding carboxylic acids is 1. The van der Waals surface area contributed by atoms with Gasteiger partial charge in [0.25, 0.3) is 0 Å². The monoisotopic (exact) mass is 454 g/mol. The van der Waals surface area contributed by atoms with Crippen LogP contribution >= 0.6 is 11.6 Å². The fourth-order valence-corrected chi connectivity index (χ4v) is 4.13. The van der Waals surface area contributed by atoms with Crippen molar-refractivity contribution in [3.8, 4) is 17.1 Å². The van der Waals surface area contributed by atoms with Gasteiger partial charge in [-0.05, 0) is 44.5 Å². The average Bonchev–Trinajstić information content (AvgIpc) is 3.27. The van der Waals surface area contributed by atoms with Crippen molar-refractivity contribution in [2.24, 2.45) is 5.92 Å². The smallest absolute Gasteiger partial charge is 0.241 e. The van der Waals surface area contributed by atoms with Crippen LogP contribution in [0.25, 0.3) is 11.4 Å². The second kappa shape index (κ2) is 10.6. The van der Waals surface area contributed by atoms with Crippen molar-refractivity contribution >= 4 is 17.5 Å². The molecule has 32 heavy (non-hydrogen) atoms. The van der Waals surface area contributed by atoms with Crippen molar-refractivity contribution in [3.63, 3.8) is 0 Å². The van der Waals surface area contributed by atoms with E-state index in [0.717, 1.165) is 36.3 Å². The lowest BCUT2D eigenvalue weighted by molar-refractivity contribution is -0.127. The van der Waals surface area contributed by atoms with E-state index in [1.165, 1.54) is 0 Å². The highest BCUT2D eigenvalue weighted by atomic mass is 35.5. The van der Waals surface area contributed by atoms with E-state index in [0.29, 0.717) is 43.0 Å². The molecule has 168 valence electrons. The largest absolute Gasteiger partial charge is 0.494 e. The van der Waals surface area contributed by atoms with Crippen molar-refractivity contribution in [1.29, 1.82) is 0 Å². The molecule has 1 saturated heterocycles. The third-order valence-corrected chi connectivity index (χ3v) is 5.75. The molecule has 1 atom stereocenters. The van der Waals surface area contributed by atoms with Gasteiger partial charge >= 0.3 is 0 Å². The maximum Gasteiger partial charge on any atom is 0.241 e. The number of para-hydroxylation sites is 1. The summed E-state index contributed by atoms with van der Waals surface area (Å²) in [6.45, 7) is 5.08. The van der Waals surface area contributed by atoms with Gasteiger partial charge in [-0.15, -0.1) is 0 Å². The van der Waals surface area contributed by atoms with Gasteiger partial charge in [-0.2, -0.15) is 4.98 Å². The summed E-state index contributed by atoms with van der Waals surface area (Å²) in [6.07, 6.45) is 1.82. The van der Waals surface area contributed by atoms with Crippen LogP contribution < -0.4 is 10.1 Å². The number of rotatable bonds is 8. The molecule has 1 aromatic heterocycles. The van der Waals surface area contributed by atoms with Crippen LogP contribution in [0.4, 0.5) is 0 Å². The number of nitrogens with zero attached hydrogens (tertiary/aromatic N) is 3. The summed E-state index contributed by atoms with van der Waals surface area (Å²) in [5, 5.41) is 7.77. The van der Waals surface area contributed by atoms with Crippen molar-refractivity contribution in [3.05, 3.63) is 65.0 Å². The Morgan fingerprint density at radius 1 is 1.28 bits per heavy atom. The van der Waals surface area contributed by atoms with E-state index in [2.05, 4.69) is 20.4 Å². The molecule has 1 aliphatic heterocycles. The van der Waals surface area contributed by atoms with Crippen molar-refractivity contribution in [2.75, 3.05) is 19.7 Å². The van der Waals surface area contributed by atoms with Gasteiger partial charge in [0.05, 0.1) is 19.1 Å². The van der Waals surface area contributed by atoms with Gasteiger partial charge in [0, 0.05) is 29.2 Å². The topological polar surface area (TPSA) is 80.5 Å². The SMILES string of the molecule is CCOc1ccccc1CNC(=O)C1CCCN(Cc2nc(-c3cccc(Cl)c3)no2)C1. The Bertz CT molecular complexity index is 1050. The maximum absolute atomic E-state index is 12.8. The van der Waals surface area contributed by atoms with Crippen LogP contribution in [0.3, 0.4) is 0 Å². The number of carbonyl (C=O) groups is 1. The molecular weight excluding hydrogens is 428 g/mol. The molecule has 7 nitrogen and oxygen atoms in total. The molecule has 0 bridgehead atoms. The van der Waals surface area contributed by atoms with Gasteiger partial charge in [0.1, 0.15) is 5.75 Å². The van der Waals surface area contributed by atoms with Gasteiger partial charge in [0.15, 0.2) is 0 Å². The molecule has 2 aromatic carbocycles.